The van der Waals surface area contributed by atoms with Crippen LogP contribution in [0.4, 0.5) is 5.82 Å². The van der Waals surface area contributed by atoms with Gasteiger partial charge in [-0.15, -0.1) is 11.3 Å². The van der Waals surface area contributed by atoms with E-state index in [1.807, 2.05) is 0 Å². The molecule has 0 unspecified atom stereocenters. The molecule has 4 nitrogen and oxygen atoms in total. The zero-order valence-corrected chi connectivity index (χ0v) is 11.3. The Balaban J connectivity index is 1.93. The van der Waals surface area contributed by atoms with Crippen LogP contribution in [0.1, 0.15) is 18.4 Å². The first kappa shape index (κ1) is 11.9. The van der Waals surface area contributed by atoms with Gasteiger partial charge in [0, 0.05) is 19.7 Å². The van der Waals surface area contributed by atoms with Crippen molar-refractivity contribution in [1.82, 2.24) is 9.97 Å². The molecule has 0 amide bonds. The second-order valence-corrected chi connectivity index (χ2v) is 5.77. The molecule has 1 aliphatic heterocycles. The summed E-state index contributed by atoms with van der Waals surface area (Å²) in [6.07, 6.45) is 3.75. The van der Waals surface area contributed by atoms with E-state index in [1.165, 1.54) is 10.9 Å². The molecule has 1 fully saturated rings. The number of fused-ring (bicyclic) bond motifs is 1. The summed E-state index contributed by atoms with van der Waals surface area (Å²) in [4.78, 5) is 12.2. The van der Waals surface area contributed by atoms with Crippen LogP contribution in [-0.2, 0) is 0 Å². The highest BCUT2D eigenvalue weighted by atomic mass is 32.1. The fourth-order valence-electron chi connectivity index (χ4n) is 2.57. The lowest BCUT2D eigenvalue weighted by molar-refractivity contribution is 0.203. The van der Waals surface area contributed by atoms with Crippen molar-refractivity contribution in [2.45, 2.75) is 19.8 Å². The van der Waals surface area contributed by atoms with E-state index in [-0.39, 0.29) is 0 Å². The van der Waals surface area contributed by atoms with E-state index < -0.39 is 0 Å². The lowest BCUT2D eigenvalue weighted by Crippen LogP contribution is -2.35. The van der Waals surface area contributed by atoms with Gasteiger partial charge in [0.15, 0.2) is 0 Å². The van der Waals surface area contributed by atoms with Crippen molar-refractivity contribution in [3.8, 4) is 0 Å². The monoisotopic (exact) mass is 263 g/mol. The van der Waals surface area contributed by atoms with Crippen LogP contribution in [0, 0.1) is 12.8 Å². The fraction of sp³-hybridized carbons (Fsp3) is 0.538. The van der Waals surface area contributed by atoms with E-state index in [0.717, 1.165) is 36.6 Å². The summed E-state index contributed by atoms with van der Waals surface area (Å²) in [7, 11) is 0. The van der Waals surface area contributed by atoms with E-state index in [2.05, 4.69) is 27.2 Å². The smallest absolute Gasteiger partial charge is 0.141 e. The molecule has 0 bridgehead atoms. The molecule has 0 atom stereocenters. The van der Waals surface area contributed by atoms with Gasteiger partial charge in [-0.25, -0.2) is 9.97 Å². The maximum atomic E-state index is 9.19. The molecule has 0 saturated carbocycles. The maximum Gasteiger partial charge on any atom is 0.141 e. The van der Waals surface area contributed by atoms with Crippen molar-refractivity contribution in [1.29, 1.82) is 0 Å². The number of aliphatic hydroxyl groups excluding tert-OH is 1. The van der Waals surface area contributed by atoms with Crippen LogP contribution in [0.5, 0.6) is 0 Å². The Kier molecular flexibility index (Phi) is 3.18. The predicted molar refractivity (Wildman–Crippen MR) is 74.2 cm³/mol. The second-order valence-electron chi connectivity index (χ2n) is 4.91. The van der Waals surface area contributed by atoms with Crippen molar-refractivity contribution < 1.29 is 5.11 Å². The van der Waals surface area contributed by atoms with Crippen LogP contribution >= 0.6 is 11.3 Å². The molecule has 0 aliphatic carbocycles. The number of aryl methyl sites for hydroxylation is 1. The first-order valence-corrected chi connectivity index (χ1v) is 7.22. The zero-order chi connectivity index (χ0) is 12.5. The fourth-order valence-corrected chi connectivity index (χ4v) is 3.45. The summed E-state index contributed by atoms with van der Waals surface area (Å²) >= 11 is 1.68. The highest BCUT2D eigenvalue weighted by Crippen LogP contribution is 2.32. The number of nitrogens with zero attached hydrogens (tertiary/aromatic N) is 3. The van der Waals surface area contributed by atoms with Crippen LogP contribution < -0.4 is 4.90 Å². The van der Waals surface area contributed by atoms with Gasteiger partial charge in [-0.05, 0) is 36.6 Å². The number of hydrogen-bond acceptors (Lipinski definition) is 5. The van der Waals surface area contributed by atoms with Gasteiger partial charge in [-0.3, -0.25) is 0 Å². The molecule has 3 rings (SSSR count). The molecule has 0 radical (unpaired) electrons. The standard InChI is InChI=1S/C13H17N3OS/c1-9-7-18-13-11(9)12(14-8-15-13)16-4-2-10(6-17)3-5-16/h7-8,10,17H,2-6H2,1H3. The van der Waals surface area contributed by atoms with Gasteiger partial charge in [-0.1, -0.05) is 0 Å². The van der Waals surface area contributed by atoms with Crippen LogP contribution in [0.25, 0.3) is 10.2 Å². The predicted octanol–water partition coefficient (Wildman–Crippen LogP) is 2.21. The third kappa shape index (κ3) is 1.97. The lowest BCUT2D eigenvalue weighted by Gasteiger charge is -2.32. The largest absolute Gasteiger partial charge is 0.396 e. The zero-order valence-electron chi connectivity index (χ0n) is 10.5. The average molecular weight is 263 g/mol. The molecular formula is C13H17N3OS. The SMILES string of the molecule is Cc1csc2ncnc(N3CCC(CO)CC3)c12. The number of anilines is 1. The number of rotatable bonds is 2. The minimum atomic E-state index is 0.310. The van der Waals surface area contributed by atoms with Crippen molar-refractivity contribution in [3.05, 3.63) is 17.3 Å². The Morgan fingerprint density at radius 1 is 1.39 bits per heavy atom. The van der Waals surface area contributed by atoms with Crippen LogP contribution in [0.2, 0.25) is 0 Å². The highest BCUT2D eigenvalue weighted by Gasteiger charge is 2.22. The first-order chi connectivity index (χ1) is 8.79. The number of thiophene rings is 1. The minimum Gasteiger partial charge on any atom is -0.396 e. The van der Waals surface area contributed by atoms with Crippen LogP contribution in [0.3, 0.4) is 0 Å². The van der Waals surface area contributed by atoms with Gasteiger partial charge >= 0.3 is 0 Å². The number of aromatic nitrogens is 2. The van der Waals surface area contributed by atoms with E-state index in [4.69, 9.17) is 0 Å². The third-order valence-electron chi connectivity index (χ3n) is 3.71. The van der Waals surface area contributed by atoms with Crippen molar-refractivity contribution in [3.63, 3.8) is 0 Å². The van der Waals surface area contributed by atoms with Gasteiger partial charge in [0.05, 0.1) is 5.39 Å². The maximum absolute atomic E-state index is 9.19. The van der Waals surface area contributed by atoms with Crippen molar-refractivity contribution in [2.75, 3.05) is 24.6 Å². The van der Waals surface area contributed by atoms with Crippen molar-refractivity contribution >= 4 is 27.4 Å². The Labute approximate surface area is 110 Å². The quantitative estimate of drug-likeness (QED) is 0.902. The lowest BCUT2D eigenvalue weighted by atomic mass is 9.98. The normalized spacial score (nSPS) is 17.6. The molecular weight excluding hydrogens is 246 g/mol. The van der Waals surface area contributed by atoms with Gasteiger partial charge in [-0.2, -0.15) is 0 Å². The third-order valence-corrected chi connectivity index (χ3v) is 4.71. The molecule has 2 aromatic rings. The van der Waals surface area contributed by atoms with E-state index in [0.29, 0.717) is 12.5 Å². The van der Waals surface area contributed by atoms with Gasteiger partial charge in [0.2, 0.25) is 0 Å². The van der Waals surface area contributed by atoms with Gasteiger partial charge in [0.1, 0.15) is 17.0 Å². The Hall–Kier alpha value is -1.20. The molecule has 1 N–H and O–H groups in total. The van der Waals surface area contributed by atoms with Gasteiger partial charge in [0.25, 0.3) is 0 Å². The van der Waals surface area contributed by atoms with E-state index >= 15 is 0 Å². The summed E-state index contributed by atoms with van der Waals surface area (Å²) in [6.45, 7) is 4.38. The molecule has 2 aromatic heterocycles. The number of hydrogen-bond donors (Lipinski definition) is 1. The molecule has 1 saturated heterocycles. The molecule has 0 aromatic carbocycles. The first-order valence-electron chi connectivity index (χ1n) is 6.34. The van der Waals surface area contributed by atoms with Crippen LogP contribution in [-0.4, -0.2) is 34.8 Å². The van der Waals surface area contributed by atoms with Crippen molar-refractivity contribution in [2.24, 2.45) is 5.92 Å². The average Bonchev–Trinajstić information content (AvgIpc) is 2.81. The Bertz CT molecular complexity index is 546. The molecule has 0 spiro atoms. The summed E-state index contributed by atoms with van der Waals surface area (Å²) < 4.78 is 0. The Morgan fingerprint density at radius 2 is 2.17 bits per heavy atom. The van der Waals surface area contributed by atoms with Gasteiger partial charge < -0.3 is 10.0 Å². The highest BCUT2D eigenvalue weighted by molar-refractivity contribution is 7.17. The molecule has 96 valence electrons. The Morgan fingerprint density at radius 3 is 2.89 bits per heavy atom. The van der Waals surface area contributed by atoms with Crippen LogP contribution in [0.15, 0.2) is 11.7 Å². The molecule has 3 heterocycles. The van der Waals surface area contributed by atoms with E-state index in [9.17, 15) is 5.11 Å². The molecule has 18 heavy (non-hydrogen) atoms. The minimum absolute atomic E-state index is 0.310. The topological polar surface area (TPSA) is 49.2 Å². The summed E-state index contributed by atoms with van der Waals surface area (Å²) in [6, 6.07) is 0. The summed E-state index contributed by atoms with van der Waals surface area (Å²) in [5, 5.41) is 12.5. The van der Waals surface area contributed by atoms with E-state index in [1.54, 1.807) is 17.7 Å². The number of aliphatic hydroxyl groups is 1. The molecule has 5 heteroatoms. The molecule has 1 aliphatic rings. The summed E-state index contributed by atoms with van der Waals surface area (Å²) in [5.41, 5.74) is 1.26. The summed E-state index contributed by atoms with van der Waals surface area (Å²) in [5.74, 6) is 1.53. The second kappa shape index (κ2) is 4.82. The number of piperidine rings is 1.